The summed E-state index contributed by atoms with van der Waals surface area (Å²) < 4.78 is 10.7. The summed E-state index contributed by atoms with van der Waals surface area (Å²) >= 11 is 0. The fourth-order valence-electron chi connectivity index (χ4n) is 4.46. The smallest absolute Gasteiger partial charge is 0.408 e. The molecule has 0 fully saturated rings. The molecule has 3 aromatic carbocycles. The molecule has 0 saturated carbocycles. The average molecular weight is 597 g/mol. The van der Waals surface area contributed by atoms with E-state index in [0.717, 1.165) is 17.4 Å². The molecule has 0 spiro atoms. The molecule has 1 aromatic heterocycles. The van der Waals surface area contributed by atoms with E-state index in [1.807, 2.05) is 80.6 Å². The largest absolute Gasteiger partial charge is 0.445 e. The second-order valence-electron chi connectivity index (χ2n) is 10.7. The Morgan fingerprint density at radius 1 is 0.795 bits per heavy atom. The number of alkyl carbamates (subject to hydrolysis) is 1. The van der Waals surface area contributed by atoms with Crippen LogP contribution in [-0.2, 0) is 22.6 Å². The highest BCUT2D eigenvalue weighted by Gasteiger charge is 2.31. The van der Waals surface area contributed by atoms with Gasteiger partial charge in [-0.2, -0.15) is 0 Å². The number of ether oxygens (including phenoxy) is 1. The highest BCUT2D eigenvalue weighted by Crippen LogP contribution is 2.15. The molecule has 1 heterocycles. The Bertz CT molecular complexity index is 1520. The molecule has 0 aliphatic carbocycles. The summed E-state index contributed by atoms with van der Waals surface area (Å²) in [6, 6.07) is 25.5. The number of rotatable bonds is 14. The van der Waals surface area contributed by atoms with Gasteiger partial charge in [0.1, 0.15) is 18.9 Å². The molecule has 3 N–H and O–H groups in total. The van der Waals surface area contributed by atoms with Gasteiger partial charge in [0.15, 0.2) is 5.69 Å². The molecule has 10 nitrogen and oxygen atoms in total. The molecular weight excluding hydrogens is 560 g/mol. The summed E-state index contributed by atoms with van der Waals surface area (Å²) in [5.41, 5.74) is 2.26. The predicted molar refractivity (Wildman–Crippen MR) is 165 cm³/mol. The third kappa shape index (κ3) is 9.65. The van der Waals surface area contributed by atoms with E-state index in [1.54, 1.807) is 24.3 Å². The minimum absolute atomic E-state index is 0.0468. The van der Waals surface area contributed by atoms with Crippen molar-refractivity contribution < 1.29 is 28.3 Å². The van der Waals surface area contributed by atoms with Gasteiger partial charge in [-0.3, -0.25) is 14.4 Å². The van der Waals surface area contributed by atoms with Crippen LogP contribution in [0.1, 0.15) is 59.0 Å². The highest BCUT2D eigenvalue weighted by molar-refractivity contribution is 6.04. The van der Waals surface area contributed by atoms with E-state index in [0.29, 0.717) is 18.5 Å². The molecule has 0 bridgehead atoms. The number of aromatic nitrogens is 1. The number of Topliss-reactive ketones (excluding diaryl/α,β-unsaturated/α-hetero) is 1. The van der Waals surface area contributed by atoms with Gasteiger partial charge in [0.05, 0.1) is 6.04 Å². The second kappa shape index (κ2) is 15.8. The van der Waals surface area contributed by atoms with E-state index in [1.165, 1.54) is 0 Å². The number of para-hydroxylation sites is 1. The van der Waals surface area contributed by atoms with Crippen molar-refractivity contribution in [2.75, 3.05) is 5.32 Å². The Balaban J connectivity index is 1.46. The maximum absolute atomic E-state index is 13.6. The fraction of sp³-hybridized carbons (Fsp3) is 0.265. The number of carbonyl (C=O) groups is 4. The Morgan fingerprint density at radius 3 is 2.05 bits per heavy atom. The second-order valence-corrected chi connectivity index (χ2v) is 10.7. The van der Waals surface area contributed by atoms with Crippen LogP contribution in [0.5, 0.6) is 0 Å². The van der Waals surface area contributed by atoms with Crippen LogP contribution in [0.25, 0.3) is 0 Å². The third-order valence-electron chi connectivity index (χ3n) is 6.71. The lowest BCUT2D eigenvalue weighted by molar-refractivity contribution is -0.124. The maximum Gasteiger partial charge on any atom is 0.408 e. The number of benzene rings is 3. The van der Waals surface area contributed by atoms with Crippen molar-refractivity contribution >= 4 is 29.4 Å². The molecule has 3 amide bonds. The van der Waals surface area contributed by atoms with Crippen LogP contribution in [0.15, 0.2) is 102 Å². The molecule has 44 heavy (non-hydrogen) atoms. The lowest BCUT2D eigenvalue weighted by Gasteiger charge is -2.23. The first-order valence-electron chi connectivity index (χ1n) is 14.5. The highest BCUT2D eigenvalue weighted by atomic mass is 16.5. The number of anilines is 1. The molecule has 0 radical (unpaired) electrons. The SMILES string of the molecule is CC(C)CC(NC(=O)OCc1ccccc1)C(=O)NC(CCc1ccccc1)C(=O)c1nc(C(=O)Nc2ccccc2)co1. The van der Waals surface area contributed by atoms with Crippen molar-refractivity contribution in [3.63, 3.8) is 0 Å². The minimum atomic E-state index is -1.04. The fourth-order valence-corrected chi connectivity index (χ4v) is 4.46. The molecule has 2 unspecified atom stereocenters. The molecule has 228 valence electrons. The van der Waals surface area contributed by atoms with Gasteiger partial charge in [-0.15, -0.1) is 0 Å². The molecular formula is C34H36N4O6. The lowest BCUT2D eigenvalue weighted by Crippen LogP contribution is -2.52. The first-order chi connectivity index (χ1) is 21.3. The van der Waals surface area contributed by atoms with Gasteiger partial charge < -0.3 is 25.1 Å². The number of hydrogen-bond donors (Lipinski definition) is 3. The first kappa shape index (κ1) is 31.7. The number of oxazole rings is 1. The van der Waals surface area contributed by atoms with Crippen LogP contribution in [0.3, 0.4) is 0 Å². The molecule has 4 rings (SSSR count). The van der Waals surface area contributed by atoms with Crippen LogP contribution < -0.4 is 16.0 Å². The van der Waals surface area contributed by atoms with Crippen molar-refractivity contribution in [1.82, 2.24) is 15.6 Å². The zero-order valence-electron chi connectivity index (χ0n) is 24.7. The van der Waals surface area contributed by atoms with E-state index in [2.05, 4.69) is 20.9 Å². The summed E-state index contributed by atoms with van der Waals surface area (Å²) in [6.07, 6.45) is 1.38. The van der Waals surface area contributed by atoms with E-state index in [9.17, 15) is 19.2 Å². The Morgan fingerprint density at radius 2 is 1.41 bits per heavy atom. The minimum Gasteiger partial charge on any atom is -0.445 e. The van der Waals surface area contributed by atoms with Gasteiger partial charge in [-0.05, 0) is 48.4 Å². The number of ketones is 1. The summed E-state index contributed by atoms with van der Waals surface area (Å²) in [7, 11) is 0. The molecule has 0 aliphatic heterocycles. The standard InChI is InChI=1S/C34H36N4O6/c1-23(2)20-28(38-34(42)44-21-25-14-8-4-9-15-25)31(40)36-27(19-18-24-12-6-3-7-13-24)30(39)33-37-29(22-43-33)32(41)35-26-16-10-5-11-17-26/h3-17,22-23,27-28H,18-21H2,1-2H3,(H,35,41)(H,36,40)(H,38,42). The van der Waals surface area contributed by atoms with E-state index >= 15 is 0 Å². The quantitative estimate of drug-likeness (QED) is 0.162. The Kier molecular flexibility index (Phi) is 11.4. The van der Waals surface area contributed by atoms with Gasteiger partial charge in [-0.25, -0.2) is 9.78 Å². The average Bonchev–Trinajstić information content (AvgIpc) is 3.53. The van der Waals surface area contributed by atoms with Gasteiger partial charge in [-0.1, -0.05) is 92.7 Å². The number of nitrogens with one attached hydrogen (secondary N) is 3. The normalized spacial score (nSPS) is 12.2. The summed E-state index contributed by atoms with van der Waals surface area (Å²) in [4.78, 5) is 56.5. The third-order valence-corrected chi connectivity index (χ3v) is 6.71. The topological polar surface area (TPSA) is 140 Å². The van der Waals surface area contributed by atoms with Crippen molar-refractivity contribution in [2.24, 2.45) is 5.92 Å². The van der Waals surface area contributed by atoms with Crippen molar-refractivity contribution in [1.29, 1.82) is 0 Å². The van der Waals surface area contributed by atoms with Crippen molar-refractivity contribution in [2.45, 2.75) is 51.8 Å². The lowest BCUT2D eigenvalue weighted by atomic mass is 9.99. The number of aryl methyl sites for hydroxylation is 1. The van der Waals surface area contributed by atoms with Crippen molar-refractivity contribution in [3.8, 4) is 0 Å². The van der Waals surface area contributed by atoms with Gasteiger partial charge in [0.2, 0.25) is 11.7 Å². The summed E-state index contributed by atoms with van der Waals surface area (Å²) in [5.74, 6) is -1.94. The summed E-state index contributed by atoms with van der Waals surface area (Å²) in [6.45, 7) is 3.89. The number of hydrogen-bond acceptors (Lipinski definition) is 7. The van der Waals surface area contributed by atoms with E-state index < -0.39 is 35.8 Å². The molecule has 4 aromatic rings. The monoisotopic (exact) mass is 596 g/mol. The molecule has 0 saturated heterocycles. The van der Waals surface area contributed by atoms with Crippen LogP contribution in [-0.4, -0.2) is 40.8 Å². The number of carbonyl (C=O) groups excluding carboxylic acids is 4. The van der Waals surface area contributed by atoms with Crippen LogP contribution in [0, 0.1) is 5.92 Å². The van der Waals surface area contributed by atoms with E-state index in [-0.39, 0.29) is 30.5 Å². The van der Waals surface area contributed by atoms with Crippen molar-refractivity contribution in [3.05, 3.63) is 120 Å². The van der Waals surface area contributed by atoms with Crippen LogP contribution >= 0.6 is 0 Å². The summed E-state index contributed by atoms with van der Waals surface area (Å²) in [5, 5.41) is 8.13. The molecule has 10 heteroatoms. The Labute approximate surface area is 256 Å². The number of amides is 3. The number of nitrogens with zero attached hydrogens (tertiary/aromatic N) is 1. The predicted octanol–water partition coefficient (Wildman–Crippen LogP) is 5.57. The molecule has 2 atom stereocenters. The van der Waals surface area contributed by atoms with Gasteiger partial charge >= 0.3 is 6.09 Å². The van der Waals surface area contributed by atoms with Crippen LogP contribution in [0.4, 0.5) is 10.5 Å². The van der Waals surface area contributed by atoms with Gasteiger partial charge in [0, 0.05) is 5.69 Å². The van der Waals surface area contributed by atoms with Gasteiger partial charge in [0.25, 0.3) is 11.8 Å². The van der Waals surface area contributed by atoms with Crippen LogP contribution in [0.2, 0.25) is 0 Å². The van der Waals surface area contributed by atoms with E-state index in [4.69, 9.17) is 9.15 Å². The Hall–Kier alpha value is -5.25. The zero-order valence-corrected chi connectivity index (χ0v) is 24.7. The first-order valence-corrected chi connectivity index (χ1v) is 14.5. The maximum atomic E-state index is 13.6. The zero-order chi connectivity index (χ0) is 31.3. The molecule has 0 aliphatic rings.